The van der Waals surface area contributed by atoms with Gasteiger partial charge in [0.1, 0.15) is 12.2 Å². The largest absolute Gasteiger partial charge is 0.472 e. The van der Waals surface area contributed by atoms with Crippen molar-refractivity contribution in [3.05, 3.63) is 57.8 Å². The van der Waals surface area contributed by atoms with Crippen LogP contribution in [-0.2, 0) is 11.3 Å². The summed E-state index contributed by atoms with van der Waals surface area (Å²) in [6.45, 7) is 1.70. The number of hydrogen-bond donors (Lipinski definition) is 1. The number of ether oxygens (including phenoxy) is 2. The van der Waals surface area contributed by atoms with Gasteiger partial charge >= 0.3 is 0 Å². The third kappa shape index (κ3) is 4.22. The average Bonchev–Trinajstić information content (AvgIpc) is 3.13. The number of aromatic nitrogens is 1. The molecule has 0 spiro atoms. The molecular formula is C17H16N4O4. The Kier molecular flexibility index (Phi) is 5.06. The van der Waals surface area contributed by atoms with E-state index in [1.54, 1.807) is 6.20 Å². The van der Waals surface area contributed by atoms with E-state index in [0.29, 0.717) is 31.3 Å². The van der Waals surface area contributed by atoms with E-state index in [1.165, 1.54) is 18.2 Å². The Labute approximate surface area is 144 Å². The molecule has 1 saturated heterocycles. The molecule has 8 heteroatoms. The van der Waals surface area contributed by atoms with Crippen LogP contribution in [0.4, 0.5) is 11.4 Å². The summed E-state index contributed by atoms with van der Waals surface area (Å²) >= 11 is 0. The molecule has 1 atom stereocenters. The molecule has 0 saturated carbocycles. The first kappa shape index (κ1) is 16.7. The molecule has 1 fully saturated rings. The summed E-state index contributed by atoms with van der Waals surface area (Å²) in [6.07, 6.45) is 2.53. The van der Waals surface area contributed by atoms with Gasteiger partial charge in [0.2, 0.25) is 5.88 Å². The van der Waals surface area contributed by atoms with Gasteiger partial charge in [0, 0.05) is 37.4 Å². The highest BCUT2D eigenvalue weighted by atomic mass is 16.6. The van der Waals surface area contributed by atoms with E-state index >= 15 is 0 Å². The Bertz CT molecular complexity index is 813. The Morgan fingerprint density at radius 1 is 1.44 bits per heavy atom. The lowest BCUT2D eigenvalue weighted by atomic mass is 10.1. The van der Waals surface area contributed by atoms with Crippen LogP contribution < -0.4 is 10.1 Å². The van der Waals surface area contributed by atoms with E-state index < -0.39 is 4.92 Å². The van der Waals surface area contributed by atoms with Crippen LogP contribution in [0.3, 0.4) is 0 Å². The van der Waals surface area contributed by atoms with Crippen molar-refractivity contribution in [3.8, 4) is 11.9 Å². The van der Waals surface area contributed by atoms with Crippen LogP contribution in [0.5, 0.6) is 5.88 Å². The number of anilines is 1. The van der Waals surface area contributed by atoms with Crippen molar-refractivity contribution in [2.45, 2.75) is 19.1 Å². The van der Waals surface area contributed by atoms with Gasteiger partial charge in [-0.3, -0.25) is 10.1 Å². The van der Waals surface area contributed by atoms with Crippen LogP contribution in [-0.4, -0.2) is 29.2 Å². The average molecular weight is 340 g/mol. The molecule has 0 amide bonds. The summed E-state index contributed by atoms with van der Waals surface area (Å²) in [5, 5.41) is 23.1. The number of hydrogen-bond acceptors (Lipinski definition) is 7. The van der Waals surface area contributed by atoms with E-state index in [2.05, 4.69) is 10.3 Å². The monoisotopic (exact) mass is 340 g/mol. The highest BCUT2D eigenvalue weighted by molar-refractivity contribution is 5.61. The van der Waals surface area contributed by atoms with Gasteiger partial charge in [-0.2, -0.15) is 5.26 Å². The van der Waals surface area contributed by atoms with Crippen molar-refractivity contribution in [3.63, 3.8) is 0 Å². The number of nitro benzene ring substituents is 1. The summed E-state index contributed by atoms with van der Waals surface area (Å²) < 4.78 is 11.0. The smallest absolute Gasteiger partial charge is 0.270 e. The maximum atomic E-state index is 10.8. The number of non-ortho nitro benzene ring substituents is 1. The van der Waals surface area contributed by atoms with Crippen molar-refractivity contribution in [2.24, 2.45) is 0 Å². The predicted molar refractivity (Wildman–Crippen MR) is 89.2 cm³/mol. The SMILES string of the molecule is N#Cc1cc([N+](=O)[O-])ccc1NCc1ccnc(OC2CCOC2)c1. The van der Waals surface area contributed by atoms with Crippen LogP contribution >= 0.6 is 0 Å². The predicted octanol–water partition coefficient (Wildman–Crippen LogP) is 2.64. The molecule has 2 heterocycles. The maximum Gasteiger partial charge on any atom is 0.270 e. The molecule has 25 heavy (non-hydrogen) atoms. The summed E-state index contributed by atoms with van der Waals surface area (Å²) in [6, 6.07) is 9.78. The Morgan fingerprint density at radius 2 is 2.32 bits per heavy atom. The molecular weight excluding hydrogens is 324 g/mol. The minimum absolute atomic E-state index is 0.0237. The first-order valence-electron chi connectivity index (χ1n) is 7.77. The van der Waals surface area contributed by atoms with Crippen LogP contribution in [0.2, 0.25) is 0 Å². The summed E-state index contributed by atoms with van der Waals surface area (Å²) in [5.41, 5.74) is 1.58. The minimum Gasteiger partial charge on any atom is -0.472 e. The number of nitrogens with one attached hydrogen (secondary N) is 1. The Balaban J connectivity index is 1.67. The molecule has 1 aliphatic heterocycles. The van der Waals surface area contributed by atoms with E-state index in [1.807, 2.05) is 18.2 Å². The third-order valence-corrected chi connectivity index (χ3v) is 3.79. The van der Waals surface area contributed by atoms with Gasteiger partial charge in [0.05, 0.1) is 29.4 Å². The Morgan fingerprint density at radius 3 is 3.04 bits per heavy atom. The van der Waals surface area contributed by atoms with Crippen molar-refractivity contribution in [2.75, 3.05) is 18.5 Å². The molecule has 0 radical (unpaired) electrons. The maximum absolute atomic E-state index is 10.8. The summed E-state index contributed by atoms with van der Waals surface area (Å²) in [7, 11) is 0. The number of nitrogens with zero attached hydrogens (tertiary/aromatic N) is 3. The first-order valence-corrected chi connectivity index (χ1v) is 7.77. The lowest BCUT2D eigenvalue weighted by molar-refractivity contribution is -0.384. The minimum atomic E-state index is -0.524. The molecule has 1 aromatic carbocycles. The number of pyridine rings is 1. The molecule has 0 aliphatic carbocycles. The number of benzene rings is 1. The van der Waals surface area contributed by atoms with Gasteiger partial charge in [-0.15, -0.1) is 0 Å². The third-order valence-electron chi connectivity index (χ3n) is 3.79. The fourth-order valence-electron chi connectivity index (χ4n) is 2.49. The summed E-state index contributed by atoms with van der Waals surface area (Å²) in [4.78, 5) is 14.5. The van der Waals surface area contributed by atoms with E-state index in [4.69, 9.17) is 9.47 Å². The van der Waals surface area contributed by atoms with Gasteiger partial charge in [-0.1, -0.05) is 0 Å². The van der Waals surface area contributed by atoms with Crippen LogP contribution in [0.15, 0.2) is 36.5 Å². The van der Waals surface area contributed by atoms with Crippen molar-refractivity contribution >= 4 is 11.4 Å². The molecule has 2 aromatic rings. The van der Waals surface area contributed by atoms with Gasteiger partial charge in [-0.25, -0.2) is 4.98 Å². The molecule has 0 bridgehead atoms. The lowest BCUT2D eigenvalue weighted by Crippen LogP contribution is -2.16. The molecule has 1 aromatic heterocycles. The van der Waals surface area contributed by atoms with Crippen LogP contribution in [0, 0.1) is 21.4 Å². The highest BCUT2D eigenvalue weighted by Gasteiger charge is 2.17. The first-order chi connectivity index (χ1) is 12.2. The van der Waals surface area contributed by atoms with Crippen molar-refractivity contribution in [1.29, 1.82) is 5.26 Å². The fourth-order valence-corrected chi connectivity index (χ4v) is 2.49. The summed E-state index contributed by atoms with van der Waals surface area (Å²) in [5.74, 6) is 0.527. The van der Waals surface area contributed by atoms with Crippen molar-refractivity contribution < 1.29 is 14.4 Å². The van der Waals surface area contributed by atoms with Crippen LogP contribution in [0.25, 0.3) is 0 Å². The van der Waals surface area contributed by atoms with Gasteiger partial charge in [0.15, 0.2) is 0 Å². The molecule has 3 rings (SSSR count). The topological polar surface area (TPSA) is 110 Å². The van der Waals surface area contributed by atoms with Crippen LogP contribution in [0.1, 0.15) is 17.5 Å². The Hall–Kier alpha value is -3.18. The zero-order valence-electron chi connectivity index (χ0n) is 13.3. The van der Waals surface area contributed by atoms with E-state index in [9.17, 15) is 15.4 Å². The number of nitro groups is 1. The lowest BCUT2D eigenvalue weighted by Gasteiger charge is -2.12. The molecule has 1 aliphatic rings. The second kappa shape index (κ2) is 7.59. The molecule has 1 unspecified atom stereocenters. The second-order valence-electron chi connectivity index (χ2n) is 5.56. The zero-order chi connectivity index (χ0) is 17.6. The van der Waals surface area contributed by atoms with Gasteiger partial charge in [0.25, 0.3) is 5.69 Å². The fraction of sp³-hybridized carbons (Fsp3) is 0.294. The standard InChI is InChI=1S/C17H16N4O4/c18-9-13-8-14(21(22)23)1-2-16(13)20-10-12-3-5-19-17(7-12)25-15-4-6-24-11-15/h1-3,5,7-8,15,20H,4,6,10-11H2. The second-order valence-corrected chi connectivity index (χ2v) is 5.56. The van der Waals surface area contributed by atoms with E-state index in [-0.39, 0.29) is 17.4 Å². The molecule has 8 nitrogen and oxygen atoms in total. The van der Waals surface area contributed by atoms with E-state index in [0.717, 1.165) is 12.0 Å². The number of nitriles is 1. The van der Waals surface area contributed by atoms with Gasteiger partial charge in [-0.05, 0) is 17.7 Å². The molecule has 1 N–H and O–H groups in total. The molecule has 128 valence electrons. The van der Waals surface area contributed by atoms with Gasteiger partial charge < -0.3 is 14.8 Å². The zero-order valence-corrected chi connectivity index (χ0v) is 13.3. The quantitative estimate of drug-likeness (QED) is 0.635. The normalized spacial score (nSPS) is 16.2. The number of rotatable bonds is 6. The highest BCUT2D eigenvalue weighted by Crippen LogP contribution is 2.22. The van der Waals surface area contributed by atoms with Crippen molar-refractivity contribution in [1.82, 2.24) is 4.98 Å².